The zero-order chi connectivity index (χ0) is 15.6. The summed E-state index contributed by atoms with van der Waals surface area (Å²) < 4.78 is 16.8. The molecule has 21 heavy (non-hydrogen) atoms. The molecule has 0 spiro atoms. The van der Waals surface area contributed by atoms with E-state index in [0.29, 0.717) is 11.2 Å². The second-order valence-electron chi connectivity index (χ2n) is 4.12. The minimum atomic E-state index is -4.46. The third kappa shape index (κ3) is 3.73. The smallest absolute Gasteiger partial charge is 0.351 e. The van der Waals surface area contributed by atoms with Gasteiger partial charge in [-0.05, 0) is 0 Å². The summed E-state index contributed by atoms with van der Waals surface area (Å²) in [6, 6.07) is 0. The zero-order valence-corrected chi connectivity index (χ0v) is 11.4. The van der Waals surface area contributed by atoms with E-state index in [4.69, 9.17) is 25.4 Å². The third-order valence-corrected chi connectivity index (χ3v) is 3.00. The van der Waals surface area contributed by atoms with Gasteiger partial charge in [0.1, 0.15) is 18.2 Å². The van der Waals surface area contributed by atoms with Gasteiger partial charge in [0.15, 0.2) is 17.6 Å². The predicted octanol–water partition coefficient (Wildman–Crippen LogP) is -0.987. The van der Waals surface area contributed by atoms with Gasteiger partial charge in [-0.3, -0.25) is 4.57 Å². The first-order chi connectivity index (χ1) is 9.78. The van der Waals surface area contributed by atoms with Gasteiger partial charge in [0.2, 0.25) is 0 Å². The number of rotatable bonds is 6. The Labute approximate surface area is 117 Å². The van der Waals surface area contributed by atoms with Crippen LogP contribution in [-0.4, -0.2) is 52.8 Å². The summed E-state index contributed by atoms with van der Waals surface area (Å²) >= 11 is 0. The maximum atomic E-state index is 11.1. The molecule has 2 rings (SSSR count). The highest BCUT2D eigenvalue weighted by Gasteiger charge is 2.24. The maximum absolute atomic E-state index is 11.1. The van der Waals surface area contributed by atoms with Crippen molar-refractivity contribution in [1.82, 2.24) is 19.5 Å². The van der Waals surface area contributed by atoms with Crippen molar-refractivity contribution in [3.63, 3.8) is 0 Å². The number of imidazole rings is 1. The Morgan fingerprint density at radius 1 is 1.43 bits per heavy atom. The number of aromatic nitrogens is 4. The highest BCUT2D eigenvalue weighted by Crippen LogP contribution is 2.34. The molecule has 0 fully saturated rings. The van der Waals surface area contributed by atoms with Gasteiger partial charge in [-0.25, -0.2) is 19.7 Å². The summed E-state index contributed by atoms with van der Waals surface area (Å²) in [7, 11) is -4.46. The van der Waals surface area contributed by atoms with E-state index in [9.17, 15) is 9.36 Å². The van der Waals surface area contributed by atoms with Crippen LogP contribution in [0.15, 0.2) is 12.7 Å². The highest BCUT2D eigenvalue weighted by molar-refractivity contribution is 7.51. The van der Waals surface area contributed by atoms with Crippen LogP contribution >= 0.6 is 7.60 Å². The fraction of sp³-hybridized carbons (Fsp3) is 0.333. The highest BCUT2D eigenvalue weighted by atomic mass is 31.2. The van der Waals surface area contributed by atoms with Crippen molar-refractivity contribution in [2.24, 2.45) is 0 Å². The molecule has 1 atom stereocenters. The lowest BCUT2D eigenvalue weighted by atomic mass is 10.3. The Kier molecular flexibility index (Phi) is 4.19. The van der Waals surface area contributed by atoms with Crippen LogP contribution in [0.5, 0.6) is 0 Å². The van der Waals surface area contributed by atoms with Gasteiger partial charge in [-0.2, -0.15) is 0 Å². The van der Waals surface area contributed by atoms with Crippen molar-refractivity contribution >= 4 is 30.5 Å². The molecule has 2 aromatic rings. The predicted molar refractivity (Wildman–Crippen MR) is 69.2 cm³/mol. The monoisotopic (exact) mass is 317 g/mol. The Morgan fingerprint density at radius 2 is 2.14 bits per heavy atom. The molecule has 0 aliphatic rings. The molecule has 2 heterocycles. The van der Waals surface area contributed by atoms with Crippen LogP contribution in [0.2, 0.25) is 0 Å². The second-order valence-corrected chi connectivity index (χ2v) is 5.70. The molecule has 0 saturated carbocycles. The number of hydrogen-bond donors (Lipinski definition) is 4. The van der Waals surface area contributed by atoms with E-state index in [1.54, 1.807) is 0 Å². The number of anilines is 1. The number of hydrogen-bond acceptors (Lipinski definition) is 7. The summed E-state index contributed by atoms with van der Waals surface area (Å²) in [5.74, 6) is -1.23. The average molecular weight is 317 g/mol. The summed E-state index contributed by atoms with van der Waals surface area (Å²) in [6.45, 7) is -0.234. The Morgan fingerprint density at radius 3 is 2.76 bits per heavy atom. The van der Waals surface area contributed by atoms with E-state index >= 15 is 0 Å². The number of nitrogens with zero attached hydrogens (tertiary/aromatic N) is 4. The Balaban J connectivity index is 2.21. The van der Waals surface area contributed by atoms with E-state index in [-0.39, 0.29) is 12.4 Å². The molecule has 5 N–H and O–H groups in total. The van der Waals surface area contributed by atoms with Gasteiger partial charge >= 0.3 is 13.6 Å². The van der Waals surface area contributed by atoms with Gasteiger partial charge in [0.25, 0.3) is 0 Å². The van der Waals surface area contributed by atoms with Crippen LogP contribution in [0.25, 0.3) is 11.2 Å². The van der Waals surface area contributed by atoms with Crippen molar-refractivity contribution in [3.8, 4) is 0 Å². The lowest BCUT2D eigenvalue weighted by molar-refractivity contribution is -0.150. The quantitative estimate of drug-likeness (QED) is 0.484. The van der Waals surface area contributed by atoms with Crippen LogP contribution in [0.4, 0.5) is 5.82 Å². The number of nitrogens with two attached hydrogens (primary N) is 1. The molecule has 0 bridgehead atoms. The van der Waals surface area contributed by atoms with Crippen molar-refractivity contribution < 1.29 is 29.0 Å². The minimum Gasteiger partial charge on any atom is -0.479 e. The molecular formula is C9H12N5O6P. The molecule has 114 valence electrons. The van der Waals surface area contributed by atoms with Crippen LogP contribution in [0, 0.1) is 0 Å². The van der Waals surface area contributed by atoms with Gasteiger partial charge in [-0.1, -0.05) is 0 Å². The topological polar surface area (TPSA) is 174 Å². The van der Waals surface area contributed by atoms with Crippen LogP contribution in [0.3, 0.4) is 0 Å². The molecule has 0 amide bonds. The largest absolute Gasteiger partial charge is 0.479 e. The normalized spacial score (nSPS) is 13.4. The third-order valence-electron chi connectivity index (χ3n) is 2.51. The number of carboxylic acid groups (broad SMARTS) is 1. The fourth-order valence-electron chi connectivity index (χ4n) is 1.60. The molecule has 0 aliphatic carbocycles. The van der Waals surface area contributed by atoms with E-state index in [0.717, 1.165) is 0 Å². The van der Waals surface area contributed by atoms with E-state index in [1.165, 1.54) is 17.2 Å². The summed E-state index contributed by atoms with van der Waals surface area (Å²) in [4.78, 5) is 40.1. The van der Waals surface area contributed by atoms with Crippen LogP contribution in [0.1, 0.15) is 0 Å². The van der Waals surface area contributed by atoms with E-state index in [1.807, 2.05) is 0 Å². The van der Waals surface area contributed by atoms with E-state index in [2.05, 4.69) is 15.0 Å². The van der Waals surface area contributed by atoms with Crippen molar-refractivity contribution in [3.05, 3.63) is 12.7 Å². The number of ether oxygens (including phenoxy) is 1. The number of carbonyl (C=O) groups is 1. The molecule has 0 aliphatic heterocycles. The second kappa shape index (κ2) is 5.74. The van der Waals surface area contributed by atoms with Gasteiger partial charge in [0, 0.05) is 0 Å². The molecule has 12 heteroatoms. The molecular weight excluding hydrogens is 305 g/mol. The number of carboxylic acids is 1. The number of aliphatic carboxylic acids is 1. The zero-order valence-electron chi connectivity index (χ0n) is 10.5. The first-order valence-corrected chi connectivity index (χ1v) is 7.38. The molecule has 2 aromatic heterocycles. The average Bonchev–Trinajstić information content (AvgIpc) is 2.77. The van der Waals surface area contributed by atoms with Gasteiger partial charge in [-0.15, -0.1) is 0 Å². The Hall–Kier alpha value is -2.07. The molecule has 0 unspecified atom stereocenters. The maximum Gasteiger partial charge on any atom is 0.351 e. The van der Waals surface area contributed by atoms with Crippen molar-refractivity contribution in [2.45, 2.75) is 12.6 Å². The van der Waals surface area contributed by atoms with E-state index < -0.39 is 26.0 Å². The van der Waals surface area contributed by atoms with Gasteiger partial charge in [0.05, 0.1) is 12.9 Å². The lowest BCUT2D eigenvalue weighted by Crippen LogP contribution is -2.29. The fourth-order valence-corrected chi connectivity index (χ4v) is 1.97. The van der Waals surface area contributed by atoms with Gasteiger partial charge < -0.3 is 29.9 Å². The Bertz CT molecular complexity index is 712. The summed E-state index contributed by atoms with van der Waals surface area (Å²) in [5.41, 5.74) is 6.20. The first-order valence-electron chi connectivity index (χ1n) is 5.58. The standard InChI is InChI=1S/C9H12N5O6P/c10-7-6-8(12-2-11-7)14(3-13-6)1-5(9(15)16)20-4-21(17,18)19/h2-3,5H,1,4H2,(H,15,16)(H2,10,11,12)(H2,17,18,19)/t5-/m1/s1. The lowest BCUT2D eigenvalue weighted by Gasteiger charge is -2.14. The van der Waals surface area contributed by atoms with Crippen LogP contribution < -0.4 is 5.73 Å². The first kappa shape index (κ1) is 15.3. The number of fused-ring (bicyclic) bond motifs is 1. The molecule has 0 saturated heterocycles. The van der Waals surface area contributed by atoms with Crippen LogP contribution in [-0.2, 0) is 20.6 Å². The molecule has 0 aromatic carbocycles. The van der Waals surface area contributed by atoms with Crippen molar-refractivity contribution in [1.29, 1.82) is 0 Å². The minimum absolute atomic E-state index is 0.141. The van der Waals surface area contributed by atoms with Crippen molar-refractivity contribution in [2.75, 3.05) is 12.1 Å². The SMILES string of the molecule is Nc1ncnc2c1ncn2C[C@@H](OCP(=O)(O)O)C(=O)O. The molecule has 0 radical (unpaired) electrons. The summed E-state index contributed by atoms with van der Waals surface area (Å²) in [5, 5.41) is 9.03. The molecule has 11 nitrogen and oxygen atoms in total. The summed E-state index contributed by atoms with van der Waals surface area (Å²) in [6.07, 6.45) is 0.0358. The number of nitrogen functional groups attached to an aromatic ring is 1.